The molecule has 0 N–H and O–H groups in total. The van der Waals surface area contributed by atoms with Gasteiger partial charge in [0, 0.05) is 19.4 Å². The average Bonchev–Trinajstić information content (AvgIpc) is 3.34. The van der Waals surface area contributed by atoms with E-state index in [4.69, 9.17) is 14.2 Å². The Bertz CT molecular complexity index is 1340. The first-order chi connectivity index (χ1) is 33.6. The molecule has 0 heterocycles. The first-order valence-corrected chi connectivity index (χ1v) is 28.4. The van der Waals surface area contributed by atoms with Crippen LogP contribution in [-0.2, 0) is 23.8 Å². The van der Waals surface area contributed by atoms with Crippen molar-refractivity contribution in [1.29, 1.82) is 0 Å². The molecular weight excluding hydrogens is 837 g/mol. The minimum Gasteiger partial charge on any atom is -0.462 e. The van der Waals surface area contributed by atoms with Crippen molar-refractivity contribution < 1.29 is 23.8 Å². The number of carbonyl (C=O) groups excluding carboxylic acids is 2. The Hall–Kier alpha value is -3.44. The molecular formula is C63H106O5. The summed E-state index contributed by atoms with van der Waals surface area (Å²) in [5, 5.41) is 0. The molecule has 0 bridgehead atoms. The minimum absolute atomic E-state index is 0.0476. The summed E-state index contributed by atoms with van der Waals surface area (Å²) in [6.07, 6.45) is 79.7. The van der Waals surface area contributed by atoms with E-state index in [-0.39, 0.29) is 25.2 Å². The maximum Gasteiger partial charge on any atom is 0.306 e. The molecule has 0 fully saturated rings. The standard InChI is InChI=1S/C63H106O5/c1-4-7-10-13-16-19-22-25-28-30-31-32-34-37-40-43-46-49-52-55-58-66-59-61(68-63(65)57-54-51-48-45-42-39-35-27-24-21-18-15-12-9-6-3)60-67-62(64)56-53-50-47-44-41-38-36-33-29-26-23-20-17-14-11-8-5-2/h7-8,10-11,16-17,19-20,25-26,28-29,31-32,36,38,44,47,61H,4-6,9,12-15,18,21-24,27,30,33-35,37,39-43,45-46,48-60H2,1-3H3/b10-7-,11-8-,19-16-,20-17-,28-25-,29-26-,32-31-,38-36-,47-44-. The molecule has 0 aromatic heterocycles. The first kappa shape index (κ1) is 64.6. The molecule has 0 spiro atoms. The summed E-state index contributed by atoms with van der Waals surface area (Å²) in [4.78, 5) is 25.5. The van der Waals surface area contributed by atoms with Gasteiger partial charge in [-0.25, -0.2) is 0 Å². The predicted octanol–water partition coefficient (Wildman–Crippen LogP) is 19.6. The van der Waals surface area contributed by atoms with Gasteiger partial charge in [-0.2, -0.15) is 0 Å². The summed E-state index contributed by atoms with van der Waals surface area (Å²) in [7, 11) is 0. The van der Waals surface area contributed by atoms with E-state index >= 15 is 0 Å². The number of ether oxygens (including phenoxy) is 3. The van der Waals surface area contributed by atoms with Crippen molar-refractivity contribution in [3.63, 3.8) is 0 Å². The van der Waals surface area contributed by atoms with Crippen molar-refractivity contribution in [2.45, 2.75) is 258 Å². The zero-order valence-corrected chi connectivity index (χ0v) is 44.6. The Morgan fingerprint density at radius 3 is 1.10 bits per heavy atom. The van der Waals surface area contributed by atoms with Crippen LogP contribution in [0.5, 0.6) is 0 Å². The summed E-state index contributed by atoms with van der Waals surface area (Å²) < 4.78 is 17.4. The zero-order chi connectivity index (χ0) is 49.2. The molecule has 388 valence electrons. The van der Waals surface area contributed by atoms with E-state index in [0.29, 0.717) is 19.4 Å². The number of rotatable bonds is 51. The minimum atomic E-state index is -0.570. The van der Waals surface area contributed by atoms with Gasteiger partial charge in [0.15, 0.2) is 6.10 Å². The lowest BCUT2D eigenvalue weighted by Crippen LogP contribution is -2.30. The molecule has 1 atom stereocenters. The SMILES string of the molecule is CC/C=C\C/C=C\C/C=C\C/C=C\C/C=C\CCCC(=O)OCC(COCCCCCCCCC/C=C\C/C=C\C/C=C\C/C=C\CC)OC(=O)CCCCCCCCCCCCCCCCC. The van der Waals surface area contributed by atoms with Gasteiger partial charge in [-0.15, -0.1) is 0 Å². The Morgan fingerprint density at radius 2 is 0.676 bits per heavy atom. The van der Waals surface area contributed by atoms with Gasteiger partial charge < -0.3 is 14.2 Å². The first-order valence-electron chi connectivity index (χ1n) is 28.4. The molecule has 68 heavy (non-hydrogen) atoms. The van der Waals surface area contributed by atoms with Gasteiger partial charge in [-0.1, -0.05) is 252 Å². The highest BCUT2D eigenvalue weighted by Crippen LogP contribution is 2.15. The topological polar surface area (TPSA) is 61.8 Å². The quantitative estimate of drug-likeness (QED) is 0.0345. The zero-order valence-electron chi connectivity index (χ0n) is 44.6. The third-order valence-electron chi connectivity index (χ3n) is 11.8. The van der Waals surface area contributed by atoms with Crippen molar-refractivity contribution in [2.75, 3.05) is 19.8 Å². The van der Waals surface area contributed by atoms with Crippen LogP contribution in [0.2, 0.25) is 0 Å². The van der Waals surface area contributed by atoms with Crippen molar-refractivity contribution in [3.05, 3.63) is 109 Å². The third-order valence-corrected chi connectivity index (χ3v) is 11.8. The van der Waals surface area contributed by atoms with Crippen molar-refractivity contribution in [1.82, 2.24) is 0 Å². The third kappa shape index (κ3) is 55.2. The smallest absolute Gasteiger partial charge is 0.306 e. The second-order valence-corrected chi connectivity index (χ2v) is 18.4. The number of hydrogen-bond acceptors (Lipinski definition) is 5. The molecule has 5 heteroatoms. The van der Waals surface area contributed by atoms with Gasteiger partial charge in [0.25, 0.3) is 0 Å². The van der Waals surface area contributed by atoms with E-state index in [9.17, 15) is 9.59 Å². The monoisotopic (exact) mass is 943 g/mol. The fourth-order valence-electron chi connectivity index (χ4n) is 7.66. The van der Waals surface area contributed by atoms with E-state index in [1.165, 1.54) is 116 Å². The predicted molar refractivity (Wildman–Crippen MR) is 297 cm³/mol. The number of unbranched alkanes of at least 4 members (excludes halogenated alkanes) is 22. The normalized spacial score (nSPS) is 13.0. The van der Waals surface area contributed by atoms with Crippen LogP contribution in [0.4, 0.5) is 0 Å². The number of allylic oxidation sites excluding steroid dienone is 18. The van der Waals surface area contributed by atoms with E-state index in [0.717, 1.165) is 103 Å². The molecule has 0 radical (unpaired) electrons. The van der Waals surface area contributed by atoms with Crippen LogP contribution in [0.25, 0.3) is 0 Å². The lowest BCUT2D eigenvalue weighted by atomic mass is 10.0. The molecule has 0 aromatic rings. The largest absolute Gasteiger partial charge is 0.462 e. The average molecular weight is 944 g/mol. The van der Waals surface area contributed by atoms with Crippen molar-refractivity contribution in [3.8, 4) is 0 Å². The summed E-state index contributed by atoms with van der Waals surface area (Å²) in [5.74, 6) is -0.469. The van der Waals surface area contributed by atoms with Crippen LogP contribution in [0.3, 0.4) is 0 Å². The summed E-state index contributed by atoms with van der Waals surface area (Å²) >= 11 is 0. The Balaban J connectivity index is 4.38. The molecule has 0 amide bonds. The molecule has 0 aliphatic carbocycles. The van der Waals surface area contributed by atoms with E-state index in [1.54, 1.807) is 0 Å². The second-order valence-electron chi connectivity index (χ2n) is 18.4. The van der Waals surface area contributed by atoms with Gasteiger partial charge in [-0.3, -0.25) is 9.59 Å². The van der Waals surface area contributed by atoms with Crippen LogP contribution in [0.1, 0.15) is 252 Å². The molecule has 1 unspecified atom stereocenters. The Morgan fingerprint density at radius 1 is 0.338 bits per heavy atom. The maximum absolute atomic E-state index is 12.9. The molecule has 0 saturated carbocycles. The van der Waals surface area contributed by atoms with Crippen molar-refractivity contribution >= 4 is 11.9 Å². The number of hydrogen-bond donors (Lipinski definition) is 0. The van der Waals surface area contributed by atoms with Crippen LogP contribution in [0.15, 0.2) is 109 Å². The van der Waals surface area contributed by atoms with Crippen LogP contribution in [0, 0.1) is 0 Å². The maximum atomic E-state index is 12.9. The van der Waals surface area contributed by atoms with Gasteiger partial charge >= 0.3 is 11.9 Å². The molecule has 0 saturated heterocycles. The van der Waals surface area contributed by atoms with E-state index in [1.807, 2.05) is 0 Å². The van der Waals surface area contributed by atoms with Gasteiger partial charge in [-0.05, 0) is 96.3 Å². The van der Waals surface area contributed by atoms with E-state index in [2.05, 4.69) is 130 Å². The molecule has 0 rings (SSSR count). The van der Waals surface area contributed by atoms with Crippen LogP contribution in [-0.4, -0.2) is 37.9 Å². The molecule has 0 aliphatic rings. The number of carbonyl (C=O) groups is 2. The number of esters is 2. The van der Waals surface area contributed by atoms with E-state index < -0.39 is 6.10 Å². The summed E-state index contributed by atoms with van der Waals surface area (Å²) in [6, 6.07) is 0. The Kier molecular flexibility index (Phi) is 54.9. The fourth-order valence-corrected chi connectivity index (χ4v) is 7.66. The molecule has 0 aliphatic heterocycles. The van der Waals surface area contributed by atoms with Gasteiger partial charge in [0.2, 0.25) is 0 Å². The lowest BCUT2D eigenvalue weighted by molar-refractivity contribution is -0.163. The van der Waals surface area contributed by atoms with Crippen LogP contribution < -0.4 is 0 Å². The van der Waals surface area contributed by atoms with Crippen molar-refractivity contribution in [2.24, 2.45) is 0 Å². The van der Waals surface area contributed by atoms with Gasteiger partial charge in [0.1, 0.15) is 6.61 Å². The summed E-state index contributed by atoms with van der Waals surface area (Å²) in [6.45, 7) is 7.53. The second kappa shape index (κ2) is 57.9. The fraction of sp³-hybridized carbons (Fsp3) is 0.683. The van der Waals surface area contributed by atoms with Gasteiger partial charge in [0.05, 0.1) is 6.61 Å². The van der Waals surface area contributed by atoms with Crippen LogP contribution >= 0.6 is 0 Å². The molecule has 0 aromatic carbocycles. The lowest BCUT2D eigenvalue weighted by Gasteiger charge is -2.18. The molecule has 5 nitrogen and oxygen atoms in total. The summed E-state index contributed by atoms with van der Waals surface area (Å²) in [5.41, 5.74) is 0. The highest BCUT2D eigenvalue weighted by Gasteiger charge is 2.17. The highest BCUT2D eigenvalue weighted by atomic mass is 16.6. The highest BCUT2D eigenvalue weighted by molar-refractivity contribution is 5.70. The Labute approximate surface area is 421 Å².